The van der Waals surface area contributed by atoms with E-state index in [9.17, 15) is 0 Å². The molecule has 0 fully saturated rings. The van der Waals surface area contributed by atoms with Crippen LogP contribution < -0.4 is 0 Å². The number of para-hydroxylation sites is 1. The number of aromatic nitrogens is 2. The van der Waals surface area contributed by atoms with Crippen LogP contribution in [0.15, 0.2) is 54.8 Å². The van der Waals surface area contributed by atoms with Crippen molar-refractivity contribution in [3.8, 4) is 0 Å². The van der Waals surface area contributed by atoms with Gasteiger partial charge in [-0.3, -0.25) is 4.98 Å². The molecular weight excluding hydrogens is 400 g/mol. The predicted octanol–water partition coefficient (Wildman–Crippen LogP) is 3.44. The standard InChI is InChI=1S/C15H9N2.Ir/c1-2-7-13-11(5-1)12-6-3-4-8-14(12)17-10-9-16-15(13)17;/h1-6,8-10H;/q-1;/i9D,10D;. The van der Waals surface area contributed by atoms with E-state index in [2.05, 4.69) is 11.1 Å². The van der Waals surface area contributed by atoms with Gasteiger partial charge in [-0.1, -0.05) is 23.6 Å². The fourth-order valence-electron chi connectivity index (χ4n) is 2.32. The molecule has 0 saturated heterocycles. The number of hydrogen-bond donors (Lipinski definition) is 0. The van der Waals surface area contributed by atoms with Crippen LogP contribution in [0, 0.1) is 6.07 Å². The second kappa shape index (κ2) is 4.20. The number of benzene rings is 2. The van der Waals surface area contributed by atoms with Gasteiger partial charge < -0.3 is 4.40 Å². The molecule has 0 aliphatic carbocycles. The van der Waals surface area contributed by atoms with Crippen molar-refractivity contribution < 1.29 is 22.8 Å². The molecule has 0 unspecified atom stereocenters. The molecule has 0 spiro atoms. The third-order valence-electron chi connectivity index (χ3n) is 3.05. The van der Waals surface area contributed by atoms with Crippen LogP contribution in [0.4, 0.5) is 0 Å². The van der Waals surface area contributed by atoms with Crippen molar-refractivity contribution in [3.63, 3.8) is 0 Å². The maximum absolute atomic E-state index is 8.02. The van der Waals surface area contributed by atoms with Gasteiger partial charge in [0.25, 0.3) is 0 Å². The van der Waals surface area contributed by atoms with E-state index in [0.29, 0.717) is 5.65 Å². The van der Waals surface area contributed by atoms with Crippen LogP contribution in [-0.2, 0) is 20.1 Å². The maximum Gasteiger partial charge on any atom is 0.0846 e. The Balaban J connectivity index is 0.00000121. The molecule has 3 heteroatoms. The zero-order valence-corrected chi connectivity index (χ0v) is 11.7. The van der Waals surface area contributed by atoms with E-state index in [1.54, 1.807) is 4.40 Å². The Bertz CT molecular complexity index is 947. The quantitative estimate of drug-likeness (QED) is 0.320. The fraction of sp³-hybridized carbons (Fsp3) is 0. The minimum atomic E-state index is -0.00472. The van der Waals surface area contributed by atoms with Crippen LogP contribution in [0.5, 0.6) is 0 Å². The van der Waals surface area contributed by atoms with Crippen molar-refractivity contribution in [2.75, 3.05) is 0 Å². The minimum absolute atomic E-state index is 0. The normalized spacial score (nSPS) is 12.4. The second-order valence-electron chi connectivity index (χ2n) is 3.97. The maximum atomic E-state index is 8.02. The Morgan fingerprint density at radius 2 is 1.94 bits per heavy atom. The Labute approximate surface area is 120 Å². The SMILES string of the molecule is [2H]c1nc2c3[c-]cccc3c3ccccc3n2c1[2H].[Ir]. The number of hydrogen-bond acceptors (Lipinski definition) is 1. The largest absolute Gasteiger partial charge is 0.340 e. The molecule has 4 aromatic rings. The van der Waals surface area contributed by atoms with E-state index in [1.807, 2.05) is 42.5 Å². The molecule has 0 aliphatic rings. The molecular formula is C15H9IrN2-. The molecule has 18 heavy (non-hydrogen) atoms. The summed E-state index contributed by atoms with van der Waals surface area (Å²) >= 11 is 0. The number of nitrogens with zero attached hydrogens (tertiary/aromatic N) is 2. The first-order valence-corrected chi connectivity index (χ1v) is 5.44. The summed E-state index contributed by atoms with van der Waals surface area (Å²) < 4.78 is 17.5. The Morgan fingerprint density at radius 3 is 2.89 bits per heavy atom. The van der Waals surface area contributed by atoms with Crippen LogP contribution >= 0.6 is 0 Å². The van der Waals surface area contributed by atoms with Crippen molar-refractivity contribution in [1.29, 1.82) is 0 Å². The van der Waals surface area contributed by atoms with E-state index in [1.165, 1.54) is 0 Å². The van der Waals surface area contributed by atoms with Gasteiger partial charge in [-0.25, -0.2) is 0 Å². The molecule has 2 nitrogen and oxygen atoms in total. The Morgan fingerprint density at radius 1 is 1.11 bits per heavy atom. The topological polar surface area (TPSA) is 17.3 Å². The number of fused-ring (bicyclic) bond motifs is 6. The van der Waals surface area contributed by atoms with Crippen molar-refractivity contribution in [2.24, 2.45) is 0 Å². The summed E-state index contributed by atoms with van der Waals surface area (Å²) in [5, 5.41) is 2.96. The van der Waals surface area contributed by atoms with Crippen LogP contribution in [0.1, 0.15) is 2.74 Å². The number of pyridine rings is 1. The monoisotopic (exact) mass is 412 g/mol. The van der Waals surface area contributed by atoms with Crippen molar-refractivity contribution >= 4 is 27.3 Å². The molecule has 0 N–H and O–H groups in total. The van der Waals surface area contributed by atoms with Gasteiger partial charge in [0.05, 0.1) is 8.39 Å². The minimum Gasteiger partial charge on any atom is -0.340 e. The third-order valence-corrected chi connectivity index (χ3v) is 3.05. The summed E-state index contributed by atoms with van der Waals surface area (Å²) in [5.74, 6) is 0. The Kier molecular flexibility index (Phi) is 2.16. The molecule has 89 valence electrons. The third kappa shape index (κ3) is 1.41. The van der Waals surface area contributed by atoms with E-state index < -0.39 is 0 Å². The molecule has 0 atom stereocenters. The average Bonchev–Trinajstić information content (AvgIpc) is 2.76. The Hall–Kier alpha value is -1.70. The van der Waals surface area contributed by atoms with Crippen molar-refractivity contribution in [2.45, 2.75) is 0 Å². The summed E-state index contributed by atoms with van der Waals surface area (Å²) in [7, 11) is 0. The fourth-order valence-corrected chi connectivity index (χ4v) is 2.32. The molecule has 4 rings (SSSR count). The zero-order chi connectivity index (χ0) is 13.0. The second-order valence-corrected chi connectivity index (χ2v) is 3.97. The molecule has 1 radical (unpaired) electrons. The summed E-state index contributed by atoms with van der Waals surface area (Å²) in [4.78, 5) is 4.20. The zero-order valence-electron chi connectivity index (χ0n) is 11.3. The van der Waals surface area contributed by atoms with Gasteiger partial charge in [0.2, 0.25) is 0 Å². The summed E-state index contributed by atoms with van der Waals surface area (Å²) in [6, 6.07) is 16.9. The van der Waals surface area contributed by atoms with Gasteiger partial charge in [-0.15, -0.1) is 29.7 Å². The first-order valence-electron chi connectivity index (χ1n) is 6.44. The van der Waals surface area contributed by atoms with Crippen LogP contribution in [0.25, 0.3) is 27.3 Å². The van der Waals surface area contributed by atoms with Crippen molar-refractivity contribution in [1.82, 2.24) is 9.38 Å². The van der Waals surface area contributed by atoms with E-state index >= 15 is 0 Å². The first-order chi connectivity index (χ1) is 9.27. The molecule has 0 saturated carbocycles. The average molecular weight is 411 g/mol. The summed E-state index contributed by atoms with van der Waals surface area (Å²) in [5.41, 5.74) is 1.53. The molecule has 0 amide bonds. The van der Waals surface area contributed by atoms with E-state index in [-0.39, 0.29) is 32.5 Å². The van der Waals surface area contributed by atoms with Gasteiger partial charge >= 0.3 is 0 Å². The molecule has 2 heterocycles. The molecule has 2 aromatic heterocycles. The number of imidazole rings is 1. The molecule has 2 aromatic carbocycles. The van der Waals surface area contributed by atoms with Gasteiger partial charge in [0.1, 0.15) is 0 Å². The first kappa shape index (κ1) is 9.26. The van der Waals surface area contributed by atoms with E-state index in [4.69, 9.17) is 2.74 Å². The smallest absolute Gasteiger partial charge is 0.0846 e. The van der Waals surface area contributed by atoms with Crippen LogP contribution in [0.3, 0.4) is 0 Å². The van der Waals surface area contributed by atoms with Gasteiger partial charge in [0, 0.05) is 38.0 Å². The summed E-state index contributed by atoms with van der Waals surface area (Å²) in [6.07, 6.45) is 0.111. The van der Waals surface area contributed by atoms with Gasteiger partial charge in [-0.05, 0) is 11.5 Å². The van der Waals surface area contributed by atoms with Crippen LogP contribution in [-0.4, -0.2) is 9.38 Å². The predicted molar refractivity (Wildman–Crippen MR) is 69.0 cm³/mol. The van der Waals surface area contributed by atoms with Crippen molar-refractivity contribution in [3.05, 3.63) is 60.9 Å². The summed E-state index contributed by atoms with van der Waals surface area (Å²) in [6.45, 7) is 0. The number of rotatable bonds is 0. The molecule has 0 bridgehead atoms. The van der Waals surface area contributed by atoms with E-state index in [0.717, 1.165) is 21.7 Å². The molecule has 0 aliphatic heterocycles. The van der Waals surface area contributed by atoms with Crippen LogP contribution in [0.2, 0.25) is 0 Å². The van der Waals surface area contributed by atoms with Gasteiger partial charge in [0.15, 0.2) is 0 Å². The van der Waals surface area contributed by atoms with Gasteiger partial charge in [-0.2, -0.15) is 0 Å².